The van der Waals surface area contributed by atoms with E-state index in [1.807, 2.05) is 0 Å². The highest BCUT2D eigenvalue weighted by Crippen LogP contribution is 2.27. The third-order valence-corrected chi connectivity index (χ3v) is 5.11. The Hall–Kier alpha value is -1.55. The summed E-state index contributed by atoms with van der Waals surface area (Å²) in [5.74, 6) is 1.91. The van der Waals surface area contributed by atoms with E-state index in [1.165, 1.54) is 43.6 Å². The molecule has 23 heavy (non-hydrogen) atoms. The van der Waals surface area contributed by atoms with E-state index in [1.54, 1.807) is 0 Å². The van der Waals surface area contributed by atoms with Crippen LogP contribution in [0.25, 0.3) is 0 Å². The first-order valence-electron chi connectivity index (χ1n) is 9.10. The first-order valence-corrected chi connectivity index (χ1v) is 9.10. The van der Waals surface area contributed by atoms with Crippen LogP contribution in [0.5, 0.6) is 0 Å². The van der Waals surface area contributed by atoms with Gasteiger partial charge in [-0.2, -0.15) is 0 Å². The fourth-order valence-corrected chi connectivity index (χ4v) is 3.66. The molecule has 0 unspecified atom stereocenters. The zero-order valence-corrected chi connectivity index (χ0v) is 14.6. The quantitative estimate of drug-likeness (QED) is 0.685. The average molecular weight is 314 g/mol. The standard InChI is InChI=1S/C19H30N4/c1-3-20-19(21-12-8-16-9-13-22(2)14-10-16)23-15-11-17-6-4-5-7-18(17)23/h4-7,16H,3,8-15H2,1-2H3,(H,20,21). The second kappa shape index (κ2) is 7.82. The molecule has 4 heteroatoms. The van der Waals surface area contributed by atoms with Gasteiger partial charge in [-0.1, -0.05) is 18.2 Å². The number of fused-ring (bicyclic) bond motifs is 1. The summed E-state index contributed by atoms with van der Waals surface area (Å²) in [6, 6.07) is 8.70. The second-order valence-electron chi connectivity index (χ2n) is 6.80. The van der Waals surface area contributed by atoms with Crippen LogP contribution < -0.4 is 10.2 Å². The van der Waals surface area contributed by atoms with Gasteiger partial charge in [0.05, 0.1) is 0 Å². The van der Waals surface area contributed by atoms with Crippen molar-refractivity contribution in [2.45, 2.75) is 32.6 Å². The lowest BCUT2D eigenvalue weighted by Gasteiger charge is -2.28. The minimum Gasteiger partial charge on any atom is -0.356 e. The van der Waals surface area contributed by atoms with Crippen molar-refractivity contribution in [2.75, 3.05) is 44.7 Å². The van der Waals surface area contributed by atoms with E-state index in [-0.39, 0.29) is 0 Å². The van der Waals surface area contributed by atoms with Crippen LogP contribution >= 0.6 is 0 Å². The minimum atomic E-state index is 0.851. The molecule has 0 bridgehead atoms. The molecule has 1 N–H and O–H groups in total. The fourth-order valence-electron chi connectivity index (χ4n) is 3.66. The maximum Gasteiger partial charge on any atom is 0.198 e. The zero-order valence-electron chi connectivity index (χ0n) is 14.6. The van der Waals surface area contributed by atoms with Crippen molar-refractivity contribution in [1.29, 1.82) is 0 Å². The molecule has 0 aliphatic carbocycles. The Morgan fingerprint density at radius 1 is 1.22 bits per heavy atom. The highest BCUT2D eigenvalue weighted by molar-refractivity contribution is 5.97. The molecule has 126 valence electrons. The molecule has 4 nitrogen and oxygen atoms in total. The SMILES string of the molecule is CCNC(=NCCC1CCN(C)CC1)N1CCc2ccccc21. The van der Waals surface area contributed by atoms with Crippen LogP contribution in [-0.2, 0) is 6.42 Å². The van der Waals surface area contributed by atoms with Gasteiger partial charge >= 0.3 is 0 Å². The number of hydrogen-bond donors (Lipinski definition) is 1. The molecule has 2 aliphatic rings. The number of nitrogens with zero attached hydrogens (tertiary/aromatic N) is 3. The lowest BCUT2D eigenvalue weighted by molar-refractivity contribution is 0.214. The maximum absolute atomic E-state index is 4.93. The maximum atomic E-state index is 4.93. The Bertz CT molecular complexity index is 532. The average Bonchev–Trinajstić information content (AvgIpc) is 3.00. The minimum absolute atomic E-state index is 0.851. The number of guanidine groups is 1. The summed E-state index contributed by atoms with van der Waals surface area (Å²) in [6.07, 6.45) is 5.00. The predicted molar refractivity (Wildman–Crippen MR) is 98.3 cm³/mol. The normalized spacial score (nSPS) is 19.9. The number of likely N-dealkylation sites (tertiary alicyclic amines) is 1. The fraction of sp³-hybridized carbons (Fsp3) is 0.632. The van der Waals surface area contributed by atoms with Crippen molar-refractivity contribution in [3.8, 4) is 0 Å². The summed E-state index contributed by atoms with van der Waals surface area (Å²) in [7, 11) is 2.22. The van der Waals surface area contributed by atoms with Gasteiger partial charge in [0.15, 0.2) is 5.96 Å². The zero-order chi connectivity index (χ0) is 16.1. The number of piperidine rings is 1. The Morgan fingerprint density at radius 3 is 2.78 bits per heavy atom. The van der Waals surface area contributed by atoms with E-state index in [0.717, 1.165) is 37.9 Å². The van der Waals surface area contributed by atoms with Crippen molar-refractivity contribution in [2.24, 2.45) is 10.9 Å². The Morgan fingerprint density at radius 2 is 2.00 bits per heavy atom. The highest BCUT2D eigenvalue weighted by Gasteiger charge is 2.22. The van der Waals surface area contributed by atoms with Crippen molar-refractivity contribution in [3.05, 3.63) is 29.8 Å². The summed E-state index contributed by atoms with van der Waals surface area (Å²) in [5, 5.41) is 3.48. The highest BCUT2D eigenvalue weighted by atomic mass is 15.3. The van der Waals surface area contributed by atoms with Crippen LogP contribution in [0.4, 0.5) is 5.69 Å². The summed E-state index contributed by atoms with van der Waals surface area (Å²) < 4.78 is 0. The second-order valence-corrected chi connectivity index (χ2v) is 6.80. The van der Waals surface area contributed by atoms with Gasteiger partial charge in [-0.05, 0) is 70.3 Å². The molecule has 0 aromatic heterocycles. The van der Waals surface area contributed by atoms with E-state index in [9.17, 15) is 0 Å². The molecule has 0 saturated carbocycles. The van der Waals surface area contributed by atoms with Crippen LogP contribution in [-0.4, -0.2) is 50.6 Å². The molecule has 0 spiro atoms. The Kier molecular flexibility index (Phi) is 5.55. The van der Waals surface area contributed by atoms with Gasteiger partial charge in [0.2, 0.25) is 0 Å². The monoisotopic (exact) mass is 314 g/mol. The molecule has 1 fully saturated rings. The van der Waals surface area contributed by atoms with Gasteiger partial charge in [0.1, 0.15) is 0 Å². The molecule has 1 saturated heterocycles. The molecule has 0 atom stereocenters. The lowest BCUT2D eigenvalue weighted by atomic mass is 9.94. The summed E-state index contributed by atoms with van der Waals surface area (Å²) in [4.78, 5) is 9.72. The molecular formula is C19H30N4. The number of nitrogens with one attached hydrogen (secondary N) is 1. The Labute approximate surface area is 140 Å². The van der Waals surface area contributed by atoms with Gasteiger partial charge in [0.25, 0.3) is 0 Å². The number of benzene rings is 1. The van der Waals surface area contributed by atoms with Gasteiger partial charge in [-0.25, -0.2) is 0 Å². The van der Waals surface area contributed by atoms with E-state index >= 15 is 0 Å². The third-order valence-electron chi connectivity index (χ3n) is 5.11. The van der Waals surface area contributed by atoms with Crippen LogP contribution in [0.3, 0.4) is 0 Å². The molecule has 1 aromatic carbocycles. The van der Waals surface area contributed by atoms with Crippen molar-refractivity contribution in [1.82, 2.24) is 10.2 Å². The van der Waals surface area contributed by atoms with E-state index in [2.05, 4.69) is 53.4 Å². The topological polar surface area (TPSA) is 30.9 Å². The molecule has 3 rings (SSSR count). The molecule has 1 aromatic rings. The van der Waals surface area contributed by atoms with Crippen molar-refractivity contribution in [3.63, 3.8) is 0 Å². The molecule has 0 radical (unpaired) electrons. The van der Waals surface area contributed by atoms with Gasteiger partial charge in [0, 0.05) is 25.3 Å². The Balaban J connectivity index is 1.60. The summed E-state index contributed by atoms with van der Waals surface area (Å²) in [6.45, 7) is 7.54. The smallest absolute Gasteiger partial charge is 0.198 e. The molecule has 0 amide bonds. The third kappa shape index (κ3) is 4.05. The predicted octanol–water partition coefficient (Wildman–Crippen LogP) is 2.75. The largest absolute Gasteiger partial charge is 0.356 e. The van der Waals surface area contributed by atoms with Crippen LogP contribution in [0.2, 0.25) is 0 Å². The number of aliphatic imine (C=N–C) groups is 1. The van der Waals surface area contributed by atoms with Crippen LogP contribution in [0, 0.1) is 5.92 Å². The number of hydrogen-bond acceptors (Lipinski definition) is 2. The van der Waals surface area contributed by atoms with E-state index in [0.29, 0.717) is 0 Å². The van der Waals surface area contributed by atoms with E-state index < -0.39 is 0 Å². The molecule has 2 aliphatic heterocycles. The van der Waals surface area contributed by atoms with Crippen molar-refractivity contribution < 1.29 is 0 Å². The first kappa shape index (κ1) is 16.3. The summed E-state index contributed by atoms with van der Waals surface area (Å²) in [5.41, 5.74) is 2.76. The van der Waals surface area contributed by atoms with Crippen LogP contribution in [0.1, 0.15) is 31.7 Å². The lowest BCUT2D eigenvalue weighted by Crippen LogP contribution is -2.40. The van der Waals surface area contributed by atoms with Gasteiger partial charge < -0.3 is 15.1 Å². The number of para-hydroxylation sites is 1. The van der Waals surface area contributed by atoms with Gasteiger partial charge in [-0.3, -0.25) is 4.99 Å². The van der Waals surface area contributed by atoms with Crippen molar-refractivity contribution >= 4 is 11.6 Å². The number of rotatable bonds is 4. The van der Waals surface area contributed by atoms with E-state index in [4.69, 9.17) is 4.99 Å². The first-order chi connectivity index (χ1) is 11.3. The van der Waals surface area contributed by atoms with Crippen LogP contribution in [0.15, 0.2) is 29.3 Å². The molecule has 2 heterocycles. The molecular weight excluding hydrogens is 284 g/mol. The summed E-state index contributed by atoms with van der Waals surface area (Å²) >= 11 is 0. The number of anilines is 1. The van der Waals surface area contributed by atoms with Gasteiger partial charge in [-0.15, -0.1) is 0 Å².